The van der Waals surface area contributed by atoms with Crippen molar-refractivity contribution in [1.29, 1.82) is 5.41 Å². The summed E-state index contributed by atoms with van der Waals surface area (Å²) in [6, 6.07) is 10.0. The van der Waals surface area contributed by atoms with Crippen LogP contribution in [0.5, 0.6) is 5.75 Å². The molecule has 24 heavy (non-hydrogen) atoms. The number of thioether (sulfide) groups is 1. The lowest BCUT2D eigenvalue weighted by Gasteiger charge is -2.01. The fourth-order valence-electron chi connectivity index (χ4n) is 2.27. The Labute approximate surface area is 153 Å². The van der Waals surface area contributed by atoms with E-state index in [9.17, 15) is 0 Å². The zero-order chi connectivity index (χ0) is 17.1. The third-order valence-electron chi connectivity index (χ3n) is 3.48. The van der Waals surface area contributed by atoms with E-state index in [-0.39, 0.29) is 5.84 Å². The van der Waals surface area contributed by atoms with Crippen molar-refractivity contribution in [2.45, 2.75) is 10.6 Å². The van der Waals surface area contributed by atoms with Crippen LogP contribution in [0.25, 0.3) is 10.6 Å². The normalized spacial score (nSPS) is 10.8. The molecule has 124 valence electrons. The summed E-state index contributed by atoms with van der Waals surface area (Å²) in [6.07, 6.45) is 2.82. The monoisotopic (exact) mass is 375 g/mol. The molecule has 0 saturated carbocycles. The van der Waals surface area contributed by atoms with E-state index in [1.165, 1.54) is 5.56 Å². The minimum Gasteiger partial charge on any atom is -0.497 e. The van der Waals surface area contributed by atoms with Gasteiger partial charge in [-0.05, 0) is 30.0 Å². The molecule has 7 heteroatoms. The summed E-state index contributed by atoms with van der Waals surface area (Å²) in [7, 11) is 1.67. The third-order valence-corrected chi connectivity index (χ3v) is 6.70. The number of ether oxygens (including phenoxy) is 1. The summed E-state index contributed by atoms with van der Waals surface area (Å²) in [4.78, 5) is 5.56. The molecule has 1 aromatic carbocycles. The first-order valence-electron chi connectivity index (χ1n) is 7.20. The van der Waals surface area contributed by atoms with E-state index >= 15 is 0 Å². The van der Waals surface area contributed by atoms with Crippen molar-refractivity contribution in [3.05, 3.63) is 51.8 Å². The molecule has 0 bridgehead atoms. The van der Waals surface area contributed by atoms with Crippen molar-refractivity contribution in [2.75, 3.05) is 13.4 Å². The van der Waals surface area contributed by atoms with Crippen molar-refractivity contribution in [1.82, 2.24) is 4.98 Å². The number of nitrogen functional groups attached to an aromatic ring is 1. The SMILES string of the molecule is COc1ccc(Cc2csc(-c3cc(C(=N)N)sc3SC)n2)cc1. The van der Waals surface area contributed by atoms with Gasteiger partial charge in [0.05, 0.1) is 21.9 Å². The average Bonchev–Trinajstić information content (AvgIpc) is 3.21. The highest BCUT2D eigenvalue weighted by Gasteiger charge is 2.15. The molecular formula is C17H17N3OS3. The minimum atomic E-state index is 0.108. The van der Waals surface area contributed by atoms with Gasteiger partial charge in [0.1, 0.15) is 16.6 Å². The second-order valence-corrected chi connectivity index (χ2v) is 8.08. The van der Waals surface area contributed by atoms with Crippen LogP contribution in [0.1, 0.15) is 16.1 Å². The van der Waals surface area contributed by atoms with Crippen LogP contribution in [-0.2, 0) is 6.42 Å². The van der Waals surface area contributed by atoms with Crippen molar-refractivity contribution >= 4 is 40.3 Å². The van der Waals surface area contributed by atoms with Crippen molar-refractivity contribution in [3.63, 3.8) is 0 Å². The summed E-state index contributed by atoms with van der Waals surface area (Å²) in [5.41, 5.74) is 8.94. The quantitative estimate of drug-likeness (QED) is 0.379. The highest BCUT2D eigenvalue weighted by molar-refractivity contribution is 8.00. The first-order valence-corrected chi connectivity index (χ1v) is 10.1. The number of nitrogens with one attached hydrogen (secondary N) is 1. The number of methoxy groups -OCH3 is 1. The highest BCUT2D eigenvalue weighted by atomic mass is 32.2. The van der Waals surface area contributed by atoms with Gasteiger partial charge < -0.3 is 10.5 Å². The average molecular weight is 376 g/mol. The van der Waals surface area contributed by atoms with Crippen LogP contribution in [0.15, 0.2) is 39.9 Å². The molecule has 3 aromatic rings. The van der Waals surface area contributed by atoms with Crippen LogP contribution in [0, 0.1) is 5.41 Å². The molecular weight excluding hydrogens is 358 g/mol. The summed E-state index contributed by atoms with van der Waals surface area (Å²) >= 11 is 4.84. The van der Waals surface area contributed by atoms with Gasteiger partial charge in [-0.25, -0.2) is 4.98 Å². The molecule has 0 aliphatic rings. The number of rotatable bonds is 6. The number of hydrogen-bond donors (Lipinski definition) is 2. The van der Waals surface area contributed by atoms with Crippen LogP contribution < -0.4 is 10.5 Å². The lowest BCUT2D eigenvalue weighted by atomic mass is 10.1. The lowest BCUT2D eigenvalue weighted by molar-refractivity contribution is 0.414. The van der Waals surface area contributed by atoms with Gasteiger partial charge in [-0.3, -0.25) is 5.41 Å². The van der Waals surface area contributed by atoms with Gasteiger partial charge in [0.2, 0.25) is 0 Å². The zero-order valence-electron chi connectivity index (χ0n) is 13.3. The Hall–Kier alpha value is -1.83. The molecule has 0 atom stereocenters. The van der Waals surface area contributed by atoms with E-state index in [4.69, 9.17) is 20.9 Å². The molecule has 0 spiro atoms. The van der Waals surface area contributed by atoms with E-state index in [0.29, 0.717) is 0 Å². The van der Waals surface area contributed by atoms with Gasteiger partial charge in [0, 0.05) is 17.4 Å². The largest absolute Gasteiger partial charge is 0.497 e. The molecule has 0 aliphatic carbocycles. The third kappa shape index (κ3) is 3.63. The van der Waals surface area contributed by atoms with Crippen molar-refractivity contribution in [2.24, 2.45) is 5.73 Å². The molecule has 2 aromatic heterocycles. The topological polar surface area (TPSA) is 72.0 Å². The van der Waals surface area contributed by atoms with Crippen LogP contribution in [0.2, 0.25) is 0 Å². The summed E-state index contributed by atoms with van der Waals surface area (Å²) in [6.45, 7) is 0. The van der Waals surface area contributed by atoms with Crippen LogP contribution in [0.3, 0.4) is 0 Å². The summed E-state index contributed by atoms with van der Waals surface area (Å²) < 4.78 is 6.33. The van der Waals surface area contributed by atoms with Gasteiger partial charge in [-0.15, -0.1) is 34.4 Å². The van der Waals surface area contributed by atoms with Crippen LogP contribution >= 0.6 is 34.4 Å². The smallest absolute Gasteiger partial charge is 0.133 e. The van der Waals surface area contributed by atoms with E-state index in [0.717, 1.165) is 37.5 Å². The molecule has 0 fully saturated rings. The zero-order valence-corrected chi connectivity index (χ0v) is 15.8. The van der Waals surface area contributed by atoms with E-state index in [1.54, 1.807) is 41.5 Å². The van der Waals surface area contributed by atoms with Gasteiger partial charge in [-0.1, -0.05) is 12.1 Å². The predicted molar refractivity (Wildman–Crippen MR) is 104 cm³/mol. The molecule has 0 aliphatic heterocycles. The Bertz CT molecular complexity index is 852. The second kappa shape index (κ2) is 7.38. The first-order chi connectivity index (χ1) is 11.6. The highest BCUT2D eigenvalue weighted by Crippen LogP contribution is 2.39. The standard InChI is InChI=1S/C17H17N3OS3/c1-21-12-5-3-10(4-6-12)7-11-9-23-16(20-11)13-8-14(15(18)19)24-17(13)22-2/h3-6,8-9H,7H2,1-2H3,(H3,18,19). The molecule has 4 nitrogen and oxygen atoms in total. The molecule has 3 N–H and O–H groups in total. The number of amidine groups is 1. The number of nitrogens with zero attached hydrogens (tertiary/aromatic N) is 1. The molecule has 0 saturated heterocycles. The Morgan fingerprint density at radius 2 is 2.08 bits per heavy atom. The Balaban J connectivity index is 1.83. The molecule has 0 radical (unpaired) electrons. The molecule has 0 unspecified atom stereocenters. The van der Waals surface area contributed by atoms with E-state index in [2.05, 4.69) is 17.5 Å². The lowest BCUT2D eigenvalue weighted by Crippen LogP contribution is -2.08. The van der Waals surface area contributed by atoms with Crippen molar-refractivity contribution < 1.29 is 4.74 Å². The number of thiophene rings is 1. The van der Waals surface area contributed by atoms with E-state index in [1.807, 2.05) is 24.5 Å². The number of thiazole rings is 1. The number of aromatic nitrogens is 1. The summed E-state index contributed by atoms with van der Waals surface area (Å²) in [5, 5.41) is 10.7. The maximum absolute atomic E-state index is 7.62. The van der Waals surface area contributed by atoms with Gasteiger partial charge >= 0.3 is 0 Å². The summed E-state index contributed by atoms with van der Waals surface area (Å²) in [5.74, 6) is 0.967. The number of hydrogen-bond acceptors (Lipinski definition) is 6. The molecule has 3 rings (SSSR count). The minimum absolute atomic E-state index is 0.108. The van der Waals surface area contributed by atoms with Crippen LogP contribution in [-0.4, -0.2) is 24.2 Å². The fraction of sp³-hybridized carbons (Fsp3) is 0.176. The molecule has 0 amide bonds. The maximum Gasteiger partial charge on any atom is 0.133 e. The first kappa shape index (κ1) is 17.0. The number of nitrogens with two attached hydrogens (primary N) is 1. The van der Waals surface area contributed by atoms with Gasteiger partial charge in [-0.2, -0.15) is 0 Å². The second-order valence-electron chi connectivity index (χ2n) is 5.10. The van der Waals surface area contributed by atoms with Gasteiger partial charge in [0.15, 0.2) is 0 Å². The Kier molecular flexibility index (Phi) is 5.23. The number of benzene rings is 1. The Morgan fingerprint density at radius 1 is 1.33 bits per heavy atom. The Morgan fingerprint density at radius 3 is 2.71 bits per heavy atom. The van der Waals surface area contributed by atoms with Crippen molar-refractivity contribution in [3.8, 4) is 16.3 Å². The maximum atomic E-state index is 7.62. The van der Waals surface area contributed by atoms with Gasteiger partial charge in [0.25, 0.3) is 0 Å². The molecule has 2 heterocycles. The fourth-order valence-corrected chi connectivity index (χ4v) is 4.97. The van der Waals surface area contributed by atoms with Crippen LogP contribution in [0.4, 0.5) is 0 Å². The predicted octanol–water partition coefficient (Wildman–Crippen LogP) is 4.48. The van der Waals surface area contributed by atoms with E-state index < -0.39 is 0 Å².